The van der Waals surface area contributed by atoms with Crippen LogP contribution in [0.15, 0.2) is 48.5 Å². The molecule has 1 saturated carbocycles. The summed E-state index contributed by atoms with van der Waals surface area (Å²) in [5.41, 5.74) is 2.35. The predicted octanol–water partition coefficient (Wildman–Crippen LogP) is 4.68. The van der Waals surface area contributed by atoms with Crippen molar-refractivity contribution in [2.75, 3.05) is 32.2 Å². The monoisotopic (exact) mass is 418 g/mol. The summed E-state index contributed by atoms with van der Waals surface area (Å²) in [6.45, 7) is 3.87. The van der Waals surface area contributed by atoms with Crippen molar-refractivity contribution in [3.05, 3.63) is 59.7 Å². The average Bonchev–Trinajstić information content (AvgIpc) is 3.25. The van der Waals surface area contributed by atoms with Gasteiger partial charge < -0.3 is 19.5 Å². The molecule has 2 aromatic carbocycles. The van der Waals surface area contributed by atoms with Crippen molar-refractivity contribution in [1.29, 1.82) is 0 Å². The molecule has 5 nitrogen and oxygen atoms in total. The normalized spacial score (nSPS) is 25.5. The zero-order valence-corrected chi connectivity index (χ0v) is 18.5. The van der Waals surface area contributed by atoms with E-state index < -0.39 is 5.60 Å². The molecule has 0 spiro atoms. The number of pyridine rings is 1. The van der Waals surface area contributed by atoms with Gasteiger partial charge in [0.25, 0.3) is 0 Å². The van der Waals surface area contributed by atoms with E-state index in [9.17, 15) is 5.11 Å². The SMILES string of the molecule is COc1cc2nc(N3C[C@H]4CCC[C@](O)(c5ccccc5)[C@H]4C3)cc(C)c2cc1OC. The number of rotatable bonds is 4. The summed E-state index contributed by atoms with van der Waals surface area (Å²) >= 11 is 0. The van der Waals surface area contributed by atoms with E-state index in [1.165, 1.54) is 0 Å². The molecule has 5 heteroatoms. The van der Waals surface area contributed by atoms with Gasteiger partial charge in [-0.15, -0.1) is 0 Å². The summed E-state index contributed by atoms with van der Waals surface area (Å²) in [6, 6.07) is 16.3. The van der Waals surface area contributed by atoms with Crippen LogP contribution in [0.2, 0.25) is 0 Å². The first-order valence-electron chi connectivity index (χ1n) is 11.1. The fraction of sp³-hybridized carbons (Fsp3) is 0.423. The smallest absolute Gasteiger partial charge is 0.162 e. The van der Waals surface area contributed by atoms with E-state index >= 15 is 0 Å². The quantitative estimate of drug-likeness (QED) is 0.666. The first-order valence-corrected chi connectivity index (χ1v) is 11.1. The molecule has 162 valence electrons. The van der Waals surface area contributed by atoms with E-state index in [4.69, 9.17) is 14.5 Å². The second-order valence-electron chi connectivity index (χ2n) is 8.98. The van der Waals surface area contributed by atoms with Gasteiger partial charge in [-0.3, -0.25) is 0 Å². The number of aromatic nitrogens is 1. The Morgan fingerprint density at radius 3 is 2.52 bits per heavy atom. The molecule has 31 heavy (non-hydrogen) atoms. The van der Waals surface area contributed by atoms with Crippen LogP contribution in [0.1, 0.15) is 30.4 Å². The van der Waals surface area contributed by atoms with E-state index in [1.54, 1.807) is 14.2 Å². The Kier molecular flexibility index (Phi) is 5.01. The Morgan fingerprint density at radius 1 is 1.03 bits per heavy atom. The summed E-state index contributed by atoms with van der Waals surface area (Å²) in [7, 11) is 3.30. The van der Waals surface area contributed by atoms with Gasteiger partial charge in [0.15, 0.2) is 11.5 Å². The number of benzene rings is 2. The number of anilines is 1. The highest BCUT2D eigenvalue weighted by molar-refractivity contribution is 5.87. The zero-order valence-electron chi connectivity index (χ0n) is 18.5. The van der Waals surface area contributed by atoms with Crippen molar-refractivity contribution in [1.82, 2.24) is 4.98 Å². The third-order valence-electron chi connectivity index (χ3n) is 7.29. The highest BCUT2D eigenvalue weighted by Crippen LogP contribution is 2.49. The van der Waals surface area contributed by atoms with Crippen molar-refractivity contribution in [3.63, 3.8) is 0 Å². The molecule has 0 amide bonds. The molecular weight excluding hydrogens is 388 g/mol. The van der Waals surface area contributed by atoms with E-state index in [-0.39, 0.29) is 5.92 Å². The number of hydrogen-bond donors (Lipinski definition) is 1. The van der Waals surface area contributed by atoms with Crippen molar-refractivity contribution >= 4 is 16.7 Å². The van der Waals surface area contributed by atoms with Crippen molar-refractivity contribution in [2.45, 2.75) is 31.8 Å². The Morgan fingerprint density at radius 2 is 1.77 bits per heavy atom. The highest BCUT2D eigenvalue weighted by Gasteiger charge is 2.49. The lowest BCUT2D eigenvalue weighted by Gasteiger charge is -2.41. The van der Waals surface area contributed by atoms with E-state index in [0.717, 1.165) is 60.2 Å². The minimum absolute atomic E-state index is 0.215. The van der Waals surface area contributed by atoms with Crippen molar-refractivity contribution in [2.24, 2.45) is 11.8 Å². The maximum absolute atomic E-state index is 11.8. The molecule has 1 aromatic heterocycles. The molecule has 1 aliphatic carbocycles. The minimum atomic E-state index is -0.762. The number of fused-ring (bicyclic) bond motifs is 2. The van der Waals surface area contributed by atoms with Gasteiger partial charge in [-0.1, -0.05) is 30.3 Å². The van der Waals surface area contributed by atoms with Gasteiger partial charge in [-0.25, -0.2) is 4.98 Å². The van der Waals surface area contributed by atoms with Crippen LogP contribution in [-0.2, 0) is 5.60 Å². The Balaban J connectivity index is 1.50. The van der Waals surface area contributed by atoms with E-state index in [2.05, 4.69) is 30.0 Å². The molecule has 1 saturated heterocycles. The summed E-state index contributed by atoms with van der Waals surface area (Å²) in [6.07, 6.45) is 3.04. The van der Waals surface area contributed by atoms with Crippen molar-refractivity contribution < 1.29 is 14.6 Å². The lowest BCUT2D eigenvalue weighted by atomic mass is 9.67. The van der Waals surface area contributed by atoms with Gasteiger partial charge >= 0.3 is 0 Å². The Hall–Kier alpha value is -2.79. The van der Waals surface area contributed by atoms with Gasteiger partial charge in [0.1, 0.15) is 5.82 Å². The molecule has 5 rings (SSSR count). The molecule has 0 bridgehead atoms. The molecule has 0 unspecified atom stereocenters. The maximum Gasteiger partial charge on any atom is 0.162 e. The van der Waals surface area contributed by atoms with Crippen molar-refractivity contribution in [3.8, 4) is 11.5 Å². The van der Waals surface area contributed by atoms with Gasteiger partial charge in [0, 0.05) is 30.5 Å². The van der Waals surface area contributed by atoms with E-state index in [1.807, 2.05) is 30.3 Å². The Bertz CT molecular complexity index is 1100. The van der Waals surface area contributed by atoms with Crippen LogP contribution in [0.5, 0.6) is 11.5 Å². The van der Waals surface area contributed by atoms with E-state index in [0.29, 0.717) is 17.4 Å². The van der Waals surface area contributed by atoms with Crippen LogP contribution in [0.4, 0.5) is 5.82 Å². The zero-order chi connectivity index (χ0) is 21.6. The number of nitrogens with zero attached hydrogens (tertiary/aromatic N) is 2. The second-order valence-corrected chi connectivity index (χ2v) is 8.98. The fourth-order valence-electron chi connectivity index (χ4n) is 5.66. The third-order valence-corrected chi connectivity index (χ3v) is 7.29. The van der Waals surface area contributed by atoms with Crippen LogP contribution in [-0.4, -0.2) is 37.4 Å². The molecule has 2 fully saturated rings. The summed E-state index contributed by atoms with van der Waals surface area (Å²) in [5.74, 6) is 3.07. The fourth-order valence-corrected chi connectivity index (χ4v) is 5.66. The molecule has 1 N–H and O–H groups in total. The summed E-state index contributed by atoms with van der Waals surface area (Å²) < 4.78 is 11.0. The van der Waals surface area contributed by atoms with Crippen LogP contribution >= 0.6 is 0 Å². The number of methoxy groups -OCH3 is 2. The van der Waals surface area contributed by atoms with Gasteiger partial charge in [0.2, 0.25) is 0 Å². The lowest BCUT2D eigenvalue weighted by Crippen LogP contribution is -2.42. The van der Waals surface area contributed by atoms with Crippen LogP contribution < -0.4 is 14.4 Å². The number of hydrogen-bond acceptors (Lipinski definition) is 5. The number of aliphatic hydroxyl groups is 1. The number of ether oxygens (including phenoxy) is 2. The number of aryl methyl sites for hydroxylation is 1. The van der Waals surface area contributed by atoms with Gasteiger partial charge in [0.05, 0.1) is 25.3 Å². The molecule has 1 aliphatic heterocycles. The molecular formula is C26H30N2O3. The molecule has 2 aliphatic rings. The van der Waals surface area contributed by atoms with Gasteiger partial charge in [-0.05, 0) is 55.4 Å². The second kappa shape index (κ2) is 7.72. The highest BCUT2D eigenvalue weighted by atomic mass is 16.5. The van der Waals surface area contributed by atoms with Crippen LogP contribution in [0, 0.1) is 18.8 Å². The van der Waals surface area contributed by atoms with Crippen LogP contribution in [0.25, 0.3) is 10.9 Å². The summed E-state index contributed by atoms with van der Waals surface area (Å²) in [5, 5.41) is 12.8. The topological polar surface area (TPSA) is 54.8 Å². The molecule has 3 atom stereocenters. The predicted molar refractivity (Wildman–Crippen MR) is 123 cm³/mol. The first kappa shape index (κ1) is 20.1. The maximum atomic E-state index is 11.8. The van der Waals surface area contributed by atoms with Gasteiger partial charge in [-0.2, -0.15) is 0 Å². The first-order chi connectivity index (χ1) is 15.0. The minimum Gasteiger partial charge on any atom is -0.493 e. The summed E-state index contributed by atoms with van der Waals surface area (Å²) in [4.78, 5) is 7.35. The molecule has 3 aromatic rings. The largest absolute Gasteiger partial charge is 0.493 e. The lowest BCUT2D eigenvalue weighted by molar-refractivity contribution is -0.0631. The van der Waals surface area contributed by atoms with Crippen LogP contribution in [0.3, 0.4) is 0 Å². The average molecular weight is 419 g/mol. The molecule has 0 radical (unpaired) electrons. The molecule has 2 heterocycles. The Labute approximate surface area is 183 Å². The standard InChI is InChI=1S/C26H30N2O3/c1-17-12-25(27-22-14-24(31-3)23(30-2)13-20(17)22)28-15-18-8-7-11-26(29,21(18)16-28)19-9-5-4-6-10-19/h4-6,9-10,12-14,18,21,29H,7-8,11,15-16H2,1-3H3/t18-,21+,26+/m1/s1. The third kappa shape index (κ3) is 3.32.